The predicted octanol–water partition coefficient (Wildman–Crippen LogP) is -2.70. The number of allylic oxidation sites excluding steroid dienone is 1. The number of halogens is 1. The van der Waals surface area contributed by atoms with Gasteiger partial charge in [-0.05, 0) is 0 Å². The Kier molecular flexibility index (Phi) is 3.60. The third-order valence-corrected chi connectivity index (χ3v) is 5.02. The van der Waals surface area contributed by atoms with Crippen LogP contribution in [0.5, 0.6) is 0 Å². The molecular formula is C9H15IN3-. The van der Waals surface area contributed by atoms with E-state index in [0.29, 0.717) is 27.2 Å². The molecule has 0 saturated carbocycles. The second-order valence-electron chi connectivity index (χ2n) is 3.23. The van der Waals surface area contributed by atoms with Gasteiger partial charge in [-0.15, -0.1) is 0 Å². The Bertz CT molecular complexity index is 209. The van der Waals surface area contributed by atoms with Crippen molar-refractivity contribution >= 4 is 6.21 Å². The number of rotatable bonds is 2. The van der Waals surface area contributed by atoms with Gasteiger partial charge in [0.1, 0.15) is 0 Å². The molecule has 0 amide bonds. The summed E-state index contributed by atoms with van der Waals surface area (Å²) < 4.78 is 2.95. The van der Waals surface area contributed by atoms with Gasteiger partial charge in [-0.1, -0.05) is 0 Å². The molecule has 0 aromatic rings. The Morgan fingerprint density at radius 2 is 2.23 bits per heavy atom. The monoisotopic (exact) mass is 292 g/mol. The summed E-state index contributed by atoms with van der Waals surface area (Å²) in [6, 6.07) is 0.689. The first kappa shape index (κ1) is 9.45. The summed E-state index contributed by atoms with van der Waals surface area (Å²) in [6.45, 7) is 0. The minimum absolute atomic E-state index is 0.117. The van der Waals surface area contributed by atoms with E-state index in [0.717, 1.165) is 0 Å². The Balaban J connectivity index is 1.76. The summed E-state index contributed by atoms with van der Waals surface area (Å²) in [4.78, 5) is 4.30. The Hall–Kier alpha value is -0.100. The Morgan fingerprint density at radius 1 is 1.38 bits per heavy atom. The third-order valence-electron chi connectivity index (χ3n) is 2.25. The van der Waals surface area contributed by atoms with Gasteiger partial charge >= 0.3 is 89.3 Å². The van der Waals surface area contributed by atoms with Crippen LogP contribution in [-0.4, -0.2) is 27.4 Å². The molecule has 0 aromatic heterocycles. The van der Waals surface area contributed by atoms with Gasteiger partial charge < -0.3 is 0 Å². The molecule has 1 fully saturated rings. The van der Waals surface area contributed by atoms with E-state index in [-0.39, 0.29) is 6.29 Å². The van der Waals surface area contributed by atoms with Gasteiger partial charge in [-0.3, -0.25) is 0 Å². The van der Waals surface area contributed by atoms with Crippen LogP contribution < -0.4 is 31.8 Å². The summed E-state index contributed by atoms with van der Waals surface area (Å²) in [5.74, 6) is 0. The van der Waals surface area contributed by atoms with Crippen LogP contribution in [0.15, 0.2) is 17.3 Å². The Labute approximate surface area is 89.3 Å². The summed E-state index contributed by atoms with van der Waals surface area (Å²) >= 11 is 0.550. The van der Waals surface area contributed by atoms with Crippen LogP contribution >= 0.6 is 0 Å². The van der Waals surface area contributed by atoms with E-state index in [1.807, 2.05) is 18.5 Å². The van der Waals surface area contributed by atoms with E-state index in [9.17, 15) is 0 Å². The fraction of sp³-hybridized carbons (Fsp3) is 0.667. The van der Waals surface area contributed by atoms with Crippen molar-refractivity contribution in [2.45, 2.75) is 25.2 Å². The van der Waals surface area contributed by atoms with Crippen LogP contribution in [0.25, 0.3) is 0 Å². The van der Waals surface area contributed by atoms with Gasteiger partial charge in [-0.2, -0.15) is 0 Å². The molecule has 0 aliphatic carbocycles. The van der Waals surface area contributed by atoms with Crippen molar-refractivity contribution in [2.75, 3.05) is 8.86 Å². The molecule has 0 aromatic carbocycles. The molecule has 4 heteroatoms. The van der Waals surface area contributed by atoms with Crippen molar-refractivity contribution in [3.8, 4) is 0 Å². The summed E-state index contributed by atoms with van der Waals surface area (Å²) in [7, 11) is 0. The van der Waals surface area contributed by atoms with E-state index < -0.39 is 0 Å². The molecule has 1 unspecified atom stereocenters. The second kappa shape index (κ2) is 4.95. The zero-order valence-corrected chi connectivity index (χ0v) is 9.70. The molecule has 2 heterocycles. The van der Waals surface area contributed by atoms with E-state index in [1.54, 1.807) is 0 Å². The molecule has 0 spiro atoms. The van der Waals surface area contributed by atoms with Crippen molar-refractivity contribution in [2.24, 2.45) is 4.99 Å². The molecule has 1 saturated heterocycles. The molecule has 13 heavy (non-hydrogen) atoms. The maximum absolute atomic E-state index is 4.30. The van der Waals surface area contributed by atoms with Crippen LogP contribution in [0, 0.1) is 0 Å². The maximum atomic E-state index is 4.30. The van der Waals surface area contributed by atoms with E-state index in [4.69, 9.17) is 0 Å². The first-order chi connectivity index (χ1) is 6.45. The van der Waals surface area contributed by atoms with E-state index >= 15 is 0 Å². The topological polar surface area (TPSA) is 36.4 Å². The van der Waals surface area contributed by atoms with E-state index in [2.05, 4.69) is 15.6 Å². The third kappa shape index (κ3) is 2.95. The first-order valence-electron chi connectivity index (χ1n) is 4.69. The van der Waals surface area contributed by atoms with Gasteiger partial charge in [0.25, 0.3) is 0 Å². The minimum atomic E-state index is 0.117. The number of aliphatic imine (C=N–C) groups is 1. The van der Waals surface area contributed by atoms with Crippen LogP contribution in [0.2, 0.25) is 0 Å². The summed E-state index contributed by atoms with van der Waals surface area (Å²) in [5.41, 5.74) is 0. The molecular weight excluding hydrogens is 277 g/mol. The number of hydrogen-bond acceptors (Lipinski definition) is 3. The number of nitrogens with zero attached hydrogens (tertiary/aromatic N) is 1. The molecule has 2 N–H and O–H groups in total. The van der Waals surface area contributed by atoms with Crippen LogP contribution in [0.1, 0.15) is 12.8 Å². The second-order valence-corrected chi connectivity index (χ2v) is 6.47. The molecule has 0 radical (unpaired) electrons. The van der Waals surface area contributed by atoms with Gasteiger partial charge in [0.15, 0.2) is 0 Å². The number of nitrogens with one attached hydrogen (secondary N) is 2. The van der Waals surface area contributed by atoms with Crippen LogP contribution in [0.4, 0.5) is 0 Å². The zero-order valence-electron chi connectivity index (χ0n) is 7.54. The van der Waals surface area contributed by atoms with Crippen LogP contribution in [0.3, 0.4) is 0 Å². The molecule has 0 bridgehead atoms. The van der Waals surface area contributed by atoms with Crippen molar-refractivity contribution in [1.82, 2.24) is 10.6 Å². The Morgan fingerprint density at radius 3 is 2.92 bits per heavy atom. The average molecular weight is 292 g/mol. The van der Waals surface area contributed by atoms with Crippen molar-refractivity contribution in [1.29, 1.82) is 0 Å². The van der Waals surface area contributed by atoms with Crippen molar-refractivity contribution < 1.29 is 21.2 Å². The molecule has 1 atom stereocenters. The fourth-order valence-electron chi connectivity index (χ4n) is 1.51. The van der Waals surface area contributed by atoms with Gasteiger partial charge in [0.05, 0.1) is 0 Å². The van der Waals surface area contributed by atoms with Gasteiger partial charge in [-0.25, -0.2) is 0 Å². The SMILES string of the molecule is C1=CNC(NC2CC[I-]CC2)N=C1. The van der Waals surface area contributed by atoms with Crippen molar-refractivity contribution in [3.05, 3.63) is 12.3 Å². The first-order valence-corrected chi connectivity index (χ1v) is 7.74. The zero-order chi connectivity index (χ0) is 8.93. The quantitative estimate of drug-likeness (QED) is 0.429. The summed E-state index contributed by atoms with van der Waals surface area (Å²) in [5, 5.41) is 6.70. The predicted molar refractivity (Wildman–Crippen MR) is 50.4 cm³/mol. The standard InChI is InChI=1S/C9H15IN3/c1-6-11-9(12-7-1)13-8-2-4-10-5-3-8/h1,6-9,11,13H,2-5H2/q-1. The fourth-order valence-corrected chi connectivity index (χ4v) is 4.43. The van der Waals surface area contributed by atoms with Crippen LogP contribution in [-0.2, 0) is 0 Å². The van der Waals surface area contributed by atoms with Gasteiger partial charge in [0.2, 0.25) is 0 Å². The summed E-state index contributed by atoms with van der Waals surface area (Å²) in [6.07, 6.45) is 8.54. The number of hydrogen-bond donors (Lipinski definition) is 2. The van der Waals surface area contributed by atoms with E-state index in [1.165, 1.54) is 21.7 Å². The molecule has 2 rings (SSSR count). The average Bonchev–Trinajstić information content (AvgIpc) is 2.21. The van der Waals surface area contributed by atoms with Gasteiger partial charge in [0, 0.05) is 0 Å². The van der Waals surface area contributed by atoms with Crippen molar-refractivity contribution in [3.63, 3.8) is 0 Å². The molecule has 2 aliphatic rings. The normalized spacial score (nSPS) is 29.4. The molecule has 2 aliphatic heterocycles. The number of alkyl halides is 2. The molecule has 74 valence electrons. The molecule has 3 nitrogen and oxygen atoms in total.